The molecule has 0 saturated heterocycles. The molecule has 0 aliphatic heterocycles. The molecule has 0 aliphatic rings. The van der Waals surface area contributed by atoms with Crippen LogP contribution in [-0.2, 0) is 10.0 Å². The maximum Gasteiger partial charge on any atom is 0.264 e. The summed E-state index contributed by atoms with van der Waals surface area (Å²) in [5.41, 5.74) is 0. The van der Waals surface area contributed by atoms with E-state index in [1.54, 1.807) is 0 Å². The van der Waals surface area contributed by atoms with Crippen LogP contribution in [-0.4, -0.2) is 18.4 Å². The van der Waals surface area contributed by atoms with E-state index in [9.17, 15) is 12.8 Å². The molecule has 0 atom stereocenters. The standard InChI is InChI=1S/C10H7ClFN3O2S/c11-9-4-5-13-10(14-9)15-18(16,17)8-3-1-2-7(12)6-8/h1-6H,(H,13,14,15). The van der Waals surface area contributed by atoms with Crippen molar-refractivity contribution < 1.29 is 12.8 Å². The fraction of sp³-hybridized carbons (Fsp3) is 0. The van der Waals surface area contributed by atoms with Crippen LogP contribution >= 0.6 is 11.6 Å². The third kappa shape index (κ3) is 2.93. The Labute approximate surface area is 108 Å². The van der Waals surface area contributed by atoms with Gasteiger partial charge in [-0.3, -0.25) is 0 Å². The highest BCUT2D eigenvalue weighted by Gasteiger charge is 2.16. The van der Waals surface area contributed by atoms with E-state index in [1.807, 2.05) is 0 Å². The van der Waals surface area contributed by atoms with E-state index in [0.29, 0.717) is 0 Å². The van der Waals surface area contributed by atoms with Crippen LogP contribution < -0.4 is 4.72 Å². The Kier molecular flexibility index (Phi) is 3.44. The summed E-state index contributed by atoms with van der Waals surface area (Å²) in [5.74, 6) is -0.823. The molecular formula is C10H7ClFN3O2S. The van der Waals surface area contributed by atoms with E-state index in [0.717, 1.165) is 12.1 Å². The zero-order valence-corrected chi connectivity index (χ0v) is 10.4. The van der Waals surface area contributed by atoms with Crippen LogP contribution in [0.2, 0.25) is 5.15 Å². The van der Waals surface area contributed by atoms with Crippen molar-refractivity contribution in [2.24, 2.45) is 0 Å². The monoisotopic (exact) mass is 287 g/mol. The average molecular weight is 288 g/mol. The van der Waals surface area contributed by atoms with Crippen LogP contribution in [0.4, 0.5) is 10.3 Å². The molecule has 2 rings (SSSR count). The van der Waals surface area contributed by atoms with Crippen LogP contribution in [0, 0.1) is 5.82 Å². The molecule has 0 aliphatic carbocycles. The maximum atomic E-state index is 13.0. The Hall–Kier alpha value is -1.73. The first-order valence-corrected chi connectivity index (χ1v) is 6.60. The van der Waals surface area contributed by atoms with Crippen LogP contribution in [0.5, 0.6) is 0 Å². The van der Waals surface area contributed by atoms with E-state index in [1.165, 1.54) is 24.4 Å². The Morgan fingerprint density at radius 2 is 2.06 bits per heavy atom. The first kappa shape index (κ1) is 12.7. The Balaban J connectivity index is 2.33. The van der Waals surface area contributed by atoms with E-state index >= 15 is 0 Å². The van der Waals surface area contributed by atoms with Gasteiger partial charge >= 0.3 is 0 Å². The highest BCUT2D eigenvalue weighted by atomic mass is 35.5. The first-order chi connectivity index (χ1) is 8.47. The van der Waals surface area contributed by atoms with Gasteiger partial charge in [0.05, 0.1) is 4.90 Å². The molecule has 5 nitrogen and oxygen atoms in total. The van der Waals surface area contributed by atoms with Gasteiger partial charge in [0.1, 0.15) is 11.0 Å². The van der Waals surface area contributed by atoms with Gasteiger partial charge in [0.15, 0.2) is 0 Å². The number of halogens is 2. The minimum Gasteiger partial charge on any atom is -0.247 e. The zero-order valence-electron chi connectivity index (χ0n) is 8.84. The molecule has 0 bridgehead atoms. The van der Waals surface area contributed by atoms with Crippen molar-refractivity contribution >= 4 is 27.6 Å². The van der Waals surface area contributed by atoms with Crippen molar-refractivity contribution in [1.29, 1.82) is 0 Å². The molecule has 1 heterocycles. The number of nitrogens with zero attached hydrogens (tertiary/aromatic N) is 2. The lowest BCUT2D eigenvalue weighted by Crippen LogP contribution is -2.15. The number of hydrogen-bond acceptors (Lipinski definition) is 4. The van der Waals surface area contributed by atoms with Gasteiger partial charge in [-0.25, -0.2) is 27.5 Å². The lowest BCUT2D eigenvalue weighted by Gasteiger charge is -2.06. The van der Waals surface area contributed by atoms with Crippen LogP contribution in [0.3, 0.4) is 0 Å². The van der Waals surface area contributed by atoms with Crippen molar-refractivity contribution in [3.63, 3.8) is 0 Å². The van der Waals surface area contributed by atoms with Gasteiger partial charge in [-0.1, -0.05) is 17.7 Å². The van der Waals surface area contributed by atoms with Gasteiger partial charge < -0.3 is 0 Å². The number of anilines is 1. The summed E-state index contributed by atoms with van der Waals surface area (Å²) in [6.45, 7) is 0. The smallest absolute Gasteiger partial charge is 0.247 e. The number of aromatic nitrogens is 2. The highest BCUT2D eigenvalue weighted by molar-refractivity contribution is 7.92. The van der Waals surface area contributed by atoms with Gasteiger partial charge in [0, 0.05) is 6.20 Å². The predicted octanol–water partition coefficient (Wildman–Crippen LogP) is 2.07. The normalized spacial score (nSPS) is 11.2. The summed E-state index contributed by atoms with van der Waals surface area (Å²) < 4.78 is 38.8. The van der Waals surface area contributed by atoms with Crippen molar-refractivity contribution in [3.05, 3.63) is 47.5 Å². The van der Waals surface area contributed by atoms with Crippen LogP contribution in [0.15, 0.2) is 41.4 Å². The van der Waals surface area contributed by atoms with Gasteiger partial charge in [0.25, 0.3) is 10.0 Å². The minimum atomic E-state index is -3.93. The average Bonchev–Trinajstić information content (AvgIpc) is 2.28. The van der Waals surface area contributed by atoms with Gasteiger partial charge in [-0.2, -0.15) is 0 Å². The summed E-state index contributed by atoms with van der Waals surface area (Å²) in [4.78, 5) is 7.15. The lowest BCUT2D eigenvalue weighted by molar-refractivity contribution is 0.595. The van der Waals surface area contributed by atoms with E-state index in [4.69, 9.17) is 11.6 Å². The summed E-state index contributed by atoms with van der Waals surface area (Å²) >= 11 is 5.60. The molecule has 18 heavy (non-hydrogen) atoms. The molecule has 0 amide bonds. The molecule has 1 N–H and O–H groups in total. The molecule has 2 aromatic rings. The third-order valence-corrected chi connectivity index (χ3v) is 3.49. The Morgan fingerprint density at radius 3 is 2.72 bits per heavy atom. The number of rotatable bonds is 3. The second-order valence-corrected chi connectivity index (χ2v) is 5.34. The topological polar surface area (TPSA) is 72.0 Å². The number of nitrogens with one attached hydrogen (secondary N) is 1. The van der Waals surface area contributed by atoms with Crippen molar-refractivity contribution in [3.8, 4) is 0 Å². The summed E-state index contributed by atoms with van der Waals surface area (Å²) in [5, 5.41) is 0.0990. The second-order valence-electron chi connectivity index (χ2n) is 3.27. The Morgan fingerprint density at radius 1 is 1.28 bits per heavy atom. The number of sulfonamides is 1. The molecule has 0 saturated carbocycles. The molecule has 1 aromatic heterocycles. The zero-order chi connectivity index (χ0) is 13.2. The van der Waals surface area contributed by atoms with Crippen molar-refractivity contribution in [2.75, 3.05) is 4.72 Å². The third-order valence-electron chi connectivity index (χ3n) is 1.95. The summed E-state index contributed by atoms with van der Waals surface area (Å²) in [7, 11) is -3.93. The Bertz CT molecular complexity index is 678. The lowest BCUT2D eigenvalue weighted by atomic mass is 10.4. The molecule has 94 valence electrons. The fourth-order valence-corrected chi connectivity index (χ4v) is 2.32. The van der Waals surface area contributed by atoms with Crippen LogP contribution in [0.1, 0.15) is 0 Å². The predicted molar refractivity (Wildman–Crippen MR) is 64.3 cm³/mol. The molecule has 0 unspecified atom stereocenters. The fourth-order valence-electron chi connectivity index (χ4n) is 1.20. The van der Waals surface area contributed by atoms with Gasteiger partial charge in [-0.05, 0) is 24.3 Å². The molecular weight excluding hydrogens is 281 g/mol. The quantitative estimate of drug-likeness (QED) is 0.877. The summed E-state index contributed by atoms with van der Waals surface area (Å²) in [6.07, 6.45) is 1.30. The second kappa shape index (κ2) is 4.87. The first-order valence-electron chi connectivity index (χ1n) is 4.74. The maximum absolute atomic E-state index is 13.0. The molecule has 8 heteroatoms. The van der Waals surface area contributed by atoms with E-state index in [2.05, 4.69) is 14.7 Å². The highest BCUT2D eigenvalue weighted by Crippen LogP contribution is 2.15. The molecule has 0 spiro atoms. The van der Waals surface area contributed by atoms with Crippen LogP contribution in [0.25, 0.3) is 0 Å². The molecule has 0 fully saturated rings. The minimum absolute atomic E-state index is 0.0990. The van der Waals surface area contributed by atoms with E-state index < -0.39 is 15.8 Å². The van der Waals surface area contributed by atoms with Crippen molar-refractivity contribution in [2.45, 2.75) is 4.90 Å². The van der Waals surface area contributed by atoms with E-state index in [-0.39, 0.29) is 16.0 Å². The van der Waals surface area contributed by atoms with Gasteiger partial charge in [0.2, 0.25) is 5.95 Å². The molecule has 1 aromatic carbocycles. The summed E-state index contributed by atoms with van der Waals surface area (Å²) in [6, 6.07) is 6.00. The largest absolute Gasteiger partial charge is 0.264 e. The molecule has 0 radical (unpaired) electrons. The SMILES string of the molecule is O=S(=O)(Nc1nccc(Cl)n1)c1cccc(F)c1. The van der Waals surface area contributed by atoms with Gasteiger partial charge in [-0.15, -0.1) is 0 Å². The number of hydrogen-bond donors (Lipinski definition) is 1. The number of benzene rings is 1. The van der Waals surface area contributed by atoms with Crippen molar-refractivity contribution in [1.82, 2.24) is 9.97 Å².